The molecule has 0 bridgehead atoms. The van der Waals surface area contributed by atoms with Gasteiger partial charge in [-0.3, -0.25) is 4.79 Å². The third-order valence-electron chi connectivity index (χ3n) is 4.13. The number of aryl methyl sites for hydroxylation is 2. The number of anilines is 1. The zero-order chi connectivity index (χ0) is 19.4. The molecule has 0 aliphatic rings. The average Bonchev–Trinajstić information content (AvgIpc) is 2.86. The fourth-order valence-corrected chi connectivity index (χ4v) is 2.88. The van der Waals surface area contributed by atoms with Crippen molar-refractivity contribution < 1.29 is 19.1 Å². The lowest BCUT2D eigenvalue weighted by Gasteiger charge is -2.14. The molecule has 0 aliphatic heterocycles. The van der Waals surface area contributed by atoms with E-state index in [-0.39, 0.29) is 18.4 Å². The summed E-state index contributed by atoms with van der Waals surface area (Å²) in [4.78, 5) is 24.5. The van der Waals surface area contributed by atoms with Crippen LogP contribution in [0.2, 0.25) is 5.02 Å². The fourth-order valence-electron chi connectivity index (χ4n) is 2.72. The molecule has 26 heavy (non-hydrogen) atoms. The van der Waals surface area contributed by atoms with Gasteiger partial charge in [0.25, 0.3) is 0 Å². The number of ether oxygens (including phenoxy) is 2. The summed E-state index contributed by atoms with van der Waals surface area (Å²) in [5.74, 6) is -0.133. The Hall–Kier alpha value is -2.47. The van der Waals surface area contributed by atoms with E-state index in [1.807, 2.05) is 13.8 Å². The average molecular weight is 379 g/mol. The lowest BCUT2D eigenvalue weighted by Crippen LogP contribution is -2.21. The maximum absolute atomic E-state index is 12.5. The second kappa shape index (κ2) is 8.27. The number of nitrogens with one attached hydrogen (secondary N) is 1. The van der Waals surface area contributed by atoms with Crippen LogP contribution in [0.3, 0.4) is 0 Å². The number of nitrogens with zero attached hydrogens (tertiary/aromatic N) is 1. The van der Waals surface area contributed by atoms with Crippen molar-refractivity contribution in [2.45, 2.75) is 34.2 Å². The quantitative estimate of drug-likeness (QED) is 0.774. The molecule has 0 atom stereocenters. The first-order chi connectivity index (χ1) is 12.3. The van der Waals surface area contributed by atoms with Crippen molar-refractivity contribution in [3.63, 3.8) is 0 Å². The van der Waals surface area contributed by atoms with Crippen LogP contribution in [0, 0.1) is 20.8 Å². The minimum absolute atomic E-state index is 0.0713. The Kier molecular flexibility index (Phi) is 6.32. The molecule has 7 heteroatoms. The van der Waals surface area contributed by atoms with Crippen LogP contribution in [-0.2, 0) is 16.1 Å². The topological polar surface area (TPSA) is 69.6 Å². The van der Waals surface area contributed by atoms with E-state index < -0.39 is 0 Å². The Morgan fingerprint density at radius 1 is 1.19 bits per heavy atom. The monoisotopic (exact) mass is 378 g/mol. The van der Waals surface area contributed by atoms with Crippen molar-refractivity contribution in [1.82, 2.24) is 4.57 Å². The van der Waals surface area contributed by atoms with E-state index in [1.54, 1.807) is 36.6 Å². The van der Waals surface area contributed by atoms with Crippen LogP contribution in [0.5, 0.6) is 5.75 Å². The van der Waals surface area contributed by atoms with E-state index >= 15 is 0 Å². The SMILES string of the molecule is CCOC(=O)c1cc(C)n(CC(=O)Nc2cc(C)c(Cl)cc2OC)c1C. The molecule has 1 aromatic heterocycles. The summed E-state index contributed by atoms with van der Waals surface area (Å²) in [5.41, 5.74) is 3.35. The van der Waals surface area contributed by atoms with Crippen molar-refractivity contribution in [3.8, 4) is 5.75 Å². The van der Waals surface area contributed by atoms with Gasteiger partial charge in [-0.2, -0.15) is 0 Å². The summed E-state index contributed by atoms with van der Waals surface area (Å²) in [7, 11) is 1.52. The normalized spacial score (nSPS) is 10.5. The molecule has 0 saturated heterocycles. The Labute approximate surface area is 158 Å². The summed E-state index contributed by atoms with van der Waals surface area (Å²) >= 11 is 6.09. The van der Waals surface area contributed by atoms with Gasteiger partial charge in [0.05, 0.1) is 25.0 Å². The third-order valence-corrected chi connectivity index (χ3v) is 4.53. The number of amides is 1. The van der Waals surface area contributed by atoms with Crippen LogP contribution in [0.25, 0.3) is 0 Å². The van der Waals surface area contributed by atoms with Gasteiger partial charge in [-0.25, -0.2) is 4.79 Å². The van der Waals surface area contributed by atoms with Crippen LogP contribution in [-0.4, -0.2) is 30.2 Å². The third kappa shape index (κ3) is 4.19. The molecule has 1 aromatic carbocycles. The molecule has 0 radical (unpaired) electrons. The number of hydrogen-bond donors (Lipinski definition) is 1. The Morgan fingerprint density at radius 3 is 2.50 bits per heavy atom. The van der Waals surface area contributed by atoms with Crippen molar-refractivity contribution in [2.75, 3.05) is 19.0 Å². The van der Waals surface area contributed by atoms with Gasteiger partial charge in [0, 0.05) is 22.5 Å². The molecule has 1 heterocycles. The van der Waals surface area contributed by atoms with Crippen molar-refractivity contribution in [3.05, 3.63) is 45.7 Å². The highest BCUT2D eigenvalue weighted by Gasteiger charge is 2.19. The highest BCUT2D eigenvalue weighted by Crippen LogP contribution is 2.31. The molecular formula is C19H23ClN2O4. The lowest BCUT2D eigenvalue weighted by molar-refractivity contribution is -0.116. The molecule has 1 N–H and O–H groups in total. The zero-order valence-electron chi connectivity index (χ0n) is 15.6. The van der Waals surface area contributed by atoms with Gasteiger partial charge in [-0.1, -0.05) is 11.6 Å². The van der Waals surface area contributed by atoms with Crippen molar-refractivity contribution >= 4 is 29.2 Å². The van der Waals surface area contributed by atoms with Crippen LogP contribution >= 0.6 is 11.6 Å². The summed E-state index contributed by atoms with van der Waals surface area (Å²) < 4.78 is 12.1. The molecule has 6 nitrogen and oxygen atoms in total. The van der Waals surface area contributed by atoms with Gasteiger partial charge in [0.1, 0.15) is 12.3 Å². The van der Waals surface area contributed by atoms with Crippen LogP contribution in [0.1, 0.15) is 34.2 Å². The largest absolute Gasteiger partial charge is 0.495 e. The predicted molar refractivity (Wildman–Crippen MR) is 101 cm³/mol. The molecular weight excluding hydrogens is 356 g/mol. The zero-order valence-corrected chi connectivity index (χ0v) is 16.4. The van der Waals surface area contributed by atoms with Crippen LogP contribution in [0.15, 0.2) is 18.2 Å². The van der Waals surface area contributed by atoms with Gasteiger partial charge >= 0.3 is 5.97 Å². The predicted octanol–water partition coefficient (Wildman–Crippen LogP) is 3.89. The highest BCUT2D eigenvalue weighted by atomic mass is 35.5. The van der Waals surface area contributed by atoms with E-state index in [0.717, 1.165) is 11.3 Å². The number of halogens is 1. The first kappa shape index (κ1) is 19.8. The molecule has 2 rings (SSSR count). The first-order valence-corrected chi connectivity index (χ1v) is 8.64. The summed E-state index contributed by atoms with van der Waals surface area (Å²) in [6.45, 7) is 7.62. The second-order valence-corrected chi connectivity index (χ2v) is 6.35. The minimum Gasteiger partial charge on any atom is -0.495 e. The summed E-state index contributed by atoms with van der Waals surface area (Å²) in [6.07, 6.45) is 0. The maximum Gasteiger partial charge on any atom is 0.339 e. The van der Waals surface area contributed by atoms with Crippen molar-refractivity contribution in [1.29, 1.82) is 0 Å². The van der Waals surface area contributed by atoms with Gasteiger partial charge in [0.15, 0.2) is 0 Å². The number of aromatic nitrogens is 1. The van der Waals surface area contributed by atoms with Gasteiger partial charge < -0.3 is 19.4 Å². The smallest absolute Gasteiger partial charge is 0.339 e. The summed E-state index contributed by atoms with van der Waals surface area (Å²) in [6, 6.07) is 5.16. The number of esters is 1. The number of benzene rings is 1. The highest BCUT2D eigenvalue weighted by molar-refractivity contribution is 6.31. The number of methoxy groups -OCH3 is 1. The van der Waals surface area contributed by atoms with E-state index in [4.69, 9.17) is 21.1 Å². The number of rotatable bonds is 6. The Morgan fingerprint density at radius 2 is 1.88 bits per heavy atom. The van der Waals surface area contributed by atoms with Gasteiger partial charge in [-0.05, 0) is 45.4 Å². The van der Waals surface area contributed by atoms with E-state index in [1.165, 1.54) is 7.11 Å². The maximum atomic E-state index is 12.5. The number of carbonyl (C=O) groups excluding carboxylic acids is 2. The van der Waals surface area contributed by atoms with Crippen LogP contribution in [0.4, 0.5) is 5.69 Å². The van der Waals surface area contributed by atoms with Crippen molar-refractivity contribution in [2.24, 2.45) is 0 Å². The fraction of sp³-hybridized carbons (Fsp3) is 0.368. The molecule has 0 aliphatic carbocycles. The van der Waals surface area contributed by atoms with Gasteiger partial charge in [-0.15, -0.1) is 0 Å². The molecule has 140 valence electrons. The lowest BCUT2D eigenvalue weighted by atomic mass is 10.2. The molecule has 0 fully saturated rings. The second-order valence-electron chi connectivity index (χ2n) is 5.94. The molecule has 0 spiro atoms. The van der Waals surface area contributed by atoms with Crippen LogP contribution < -0.4 is 10.1 Å². The van der Waals surface area contributed by atoms with Gasteiger partial charge in [0.2, 0.25) is 5.91 Å². The van der Waals surface area contributed by atoms with E-state index in [0.29, 0.717) is 34.3 Å². The molecule has 1 amide bonds. The molecule has 0 unspecified atom stereocenters. The minimum atomic E-state index is -0.387. The molecule has 0 saturated carbocycles. The first-order valence-electron chi connectivity index (χ1n) is 8.26. The Bertz CT molecular complexity index is 843. The summed E-state index contributed by atoms with van der Waals surface area (Å²) in [5, 5.41) is 3.40. The Balaban J connectivity index is 2.21. The van der Waals surface area contributed by atoms with E-state index in [9.17, 15) is 9.59 Å². The standard InChI is InChI=1S/C19H23ClN2O4/c1-6-26-19(24)14-8-12(3)22(13(14)4)10-18(23)21-16-7-11(2)15(20)9-17(16)25-5/h7-9H,6,10H2,1-5H3,(H,21,23). The number of carbonyl (C=O) groups is 2. The van der Waals surface area contributed by atoms with E-state index in [2.05, 4.69) is 5.32 Å². The molecule has 2 aromatic rings. The number of hydrogen-bond acceptors (Lipinski definition) is 4.